The van der Waals surface area contributed by atoms with Gasteiger partial charge in [-0.1, -0.05) is 0 Å². The Hall–Kier alpha value is -1.36. The van der Waals surface area contributed by atoms with Crippen molar-refractivity contribution in [2.45, 2.75) is 39.2 Å². The second-order valence-electron chi connectivity index (χ2n) is 4.62. The van der Waals surface area contributed by atoms with Gasteiger partial charge in [0.2, 0.25) is 11.8 Å². The number of hydrogen-bond acceptors (Lipinski definition) is 5. The SMILES string of the molecule is CCOc1ncnc(OC2CCCC2CN)c1C. The first kappa shape index (κ1) is 13.1. The summed E-state index contributed by atoms with van der Waals surface area (Å²) in [7, 11) is 0. The van der Waals surface area contributed by atoms with Crippen molar-refractivity contribution >= 4 is 0 Å². The van der Waals surface area contributed by atoms with Crippen LogP contribution in [-0.2, 0) is 0 Å². The fraction of sp³-hybridized carbons (Fsp3) is 0.692. The zero-order valence-corrected chi connectivity index (χ0v) is 11.1. The number of rotatable bonds is 5. The van der Waals surface area contributed by atoms with Crippen LogP contribution in [0.4, 0.5) is 0 Å². The lowest BCUT2D eigenvalue weighted by Gasteiger charge is -2.20. The molecule has 0 spiro atoms. The Labute approximate surface area is 108 Å². The normalized spacial score (nSPS) is 23.1. The molecule has 18 heavy (non-hydrogen) atoms. The summed E-state index contributed by atoms with van der Waals surface area (Å²) in [6, 6.07) is 0. The number of nitrogens with zero attached hydrogens (tertiary/aromatic N) is 2. The van der Waals surface area contributed by atoms with Gasteiger partial charge in [-0.2, -0.15) is 0 Å². The zero-order valence-electron chi connectivity index (χ0n) is 11.1. The Morgan fingerprint density at radius 1 is 1.33 bits per heavy atom. The summed E-state index contributed by atoms with van der Waals surface area (Å²) in [4.78, 5) is 8.30. The number of ether oxygens (including phenoxy) is 2. The van der Waals surface area contributed by atoms with Gasteiger partial charge in [0, 0.05) is 5.92 Å². The highest BCUT2D eigenvalue weighted by atomic mass is 16.5. The van der Waals surface area contributed by atoms with E-state index < -0.39 is 0 Å². The van der Waals surface area contributed by atoms with Gasteiger partial charge in [0.25, 0.3) is 0 Å². The molecule has 100 valence electrons. The maximum absolute atomic E-state index is 5.99. The molecule has 1 aliphatic carbocycles. The van der Waals surface area contributed by atoms with Crippen LogP contribution in [0.1, 0.15) is 31.7 Å². The van der Waals surface area contributed by atoms with Crippen molar-refractivity contribution in [3.8, 4) is 11.8 Å². The fourth-order valence-electron chi connectivity index (χ4n) is 2.39. The first-order valence-corrected chi connectivity index (χ1v) is 6.57. The van der Waals surface area contributed by atoms with Gasteiger partial charge in [-0.05, 0) is 39.7 Å². The molecule has 2 unspecified atom stereocenters. The van der Waals surface area contributed by atoms with Crippen molar-refractivity contribution in [2.75, 3.05) is 13.2 Å². The van der Waals surface area contributed by atoms with Crippen LogP contribution >= 0.6 is 0 Å². The molecule has 0 aromatic carbocycles. The summed E-state index contributed by atoms with van der Waals surface area (Å²) in [6.45, 7) is 5.12. The van der Waals surface area contributed by atoms with Gasteiger partial charge < -0.3 is 15.2 Å². The summed E-state index contributed by atoms with van der Waals surface area (Å²) < 4.78 is 11.4. The Morgan fingerprint density at radius 2 is 2.11 bits per heavy atom. The van der Waals surface area contributed by atoms with Gasteiger partial charge in [0.1, 0.15) is 12.4 Å². The van der Waals surface area contributed by atoms with Gasteiger partial charge in [0.05, 0.1) is 12.2 Å². The van der Waals surface area contributed by atoms with E-state index in [9.17, 15) is 0 Å². The van der Waals surface area contributed by atoms with Crippen LogP contribution in [0, 0.1) is 12.8 Å². The summed E-state index contributed by atoms with van der Waals surface area (Å²) in [5.41, 5.74) is 6.62. The van der Waals surface area contributed by atoms with E-state index >= 15 is 0 Å². The third-order valence-electron chi connectivity index (χ3n) is 3.43. The summed E-state index contributed by atoms with van der Waals surface area (Å²) in [6.07, 6.45) is 5.03. The van der Waals surface area contributed by atoms with E-state index in [0.717, 1.165) is 18.4 Å². The van der Waals surface area contributed by atoms with Crippen molar-refractivity contribution in [3.63, 3.8) is 0 Å². The smallest absolute Gasteiger partial charge is 0.223 e. The van der Waals surface area contributed by atoms with Crippen LogP contribution in [0.5, 0.6) is 11.8 Å². The molecule has 0 bridgehead atoms. The lowest BCUT2D eigenvalue weighted by molar-refractivity contribution is 0.153. The van der Waals surface area contributed by atoms with E-state index in [1.165, 1.54) is 12.7 Å². The minimum atomic E-state index is 0.179. The molecular weight excluding hydrogens is 230 g/mol. The highest BCUT2D eigenvalue weighted by Gasteiger charge is 2.28. The van der Waals surface area contributed by atoms with E-state index in [2.05, 4.69) is 9.97 Å². The standard InChI is InChI=1S/C13H21N3O2/c1-3-17-12-9(2)13(16-8-15-12)18-11-6-4-5-10(11)7-14/h8,10-11H,3-7,14H2,1-2H3. The first-order chi connectivity index (χ1) is 8.76. The fourth-order valence-corrected chi connectivity index (χ4v) is 2.39. The van der Waals surface area contributed by atoms with E-state index in [1.54, 1.807) is 0 Å². The maximum Gasteiger partial charge on any atom is 0.223 e. The molecule has 1 heterocycles. The molecule has 1 aromatic rings. The summed E-state index contributed by atoms with van der Waals surface area (Å²) in [5.74, 6) is 1.67. The van der Waals surface area contributed by atoms with Crippen LogP contribution in [0.25, 0.3) is 0 Å². The second-order valence-corrected chi connectivity index (χ2v) is 4.62. The molecule has 5 nitrogen and oxygen atoms in total. The number of aromatic nitrogens is 2. The average Bonchev–Trinajstić information content (AvgIpc) is 2.82. The monoisotopic (exact) mass is 251 g/mol. The molecule has 1 fully saturated rings. The van der Waals surface area contributed by atoms with E-state index in [-0.39, 0.29) is 6.10 Å². The largest absolute Gasteiger partial charge is 0.478 e. The Balaban J connectivity index is 2.11. The second kappa shape index (κ2) is 6.00. The lowest BCUT2D eigenvalue weighted by Crippen LogP contribution is -2.28. The highest BCUT2D eigenvalue weighted by molar-refractivity contribution is 5.32. The topological polar surface area (TPSA) is 70.3 Å². The molecule has 2 atom stereocenters. The summed E-state index contributed by atoms with van der Waals surface area (Å²) >= 11 is 0. The third-order valence-corrected chi connectivity index (χ3v) is 3.43. The van der Waals surface area contributed by atoms with E-state index in [1.807, 2.05) is 13.8 Å². The third kappa shape index (κ3) is 2.72. The van der Waals surface area contributed by atoms with Crippen molar-refractivity contribution in [1.29, 1.82) is 0 Å². The maximum atomic E-state index is 5.99. The molecule has 0 radical (unpaired) electrons. The molecule has 1 aliphatic rings. The molecule has 0 saturated heterocycles. The van der Waals surface area contributed by atoms with Crippen molar-refractivity contribution in [3.05, 3.63) is 11.9 Å². The average molecular weight is 251 g/mol. The number of hydrogen-bond donors (Lipinski definition) is 1. The van der Waals surface area contributed by atoms with E-state index in [0.29, 0.717) is 30.8 Å². The minimum absolute atomic E-state index is 0.179. The van der Waals surface area contributed by atoms with Crippen molar-refractivity contribution < 1.29 is 9.47 Å². The predicted octanol–water partition coefficient (Wildman–Crippen LogP) is 1.69. The van der Waals surface area contributed by atoms with Gasteiger partial charge in [-0.15, -0.1) is 0 Å². The summed E-state index contributed by atoms with van der Waals surface area (Å²) in [5, 5.41) is 0. The minimum Gasteiger partial charge on any atom is -0.478 e. The predicted molar refractivity (Wildman–Crippen MR) is 68.7 cm³/mol. The molecule has 2 rings (SSSR count). The van der Waals surface area contributed by atoms with Gasteiger partial charge in [-0.25, -0.2) is 9.97 Å². The van der Waals surface area contributed by atoms with Crippen LogP contribution in [0.2, 0.25) is 0 Å². The Bertz CT molecular complexity index is 398. The quantitative estimate of drug-likeness (QED) is 0.862. The molecule has 1 saturated carbocycles. The molecule has 0 aliphatic heterocycles. The molecule has 5 heteroatoms. The van der Waals surface area contributed by atoms with Crippen molar-refractivity contribution in [1.82, 2.24) is 9.97 Å². The number of nitrogens with two attached hydrogens (primary N) is 1. The Kier molecular flexibility index (Phi) is 4.36. The van der Waals surface area contributed by atoms with Gasteiger partial charge in [0.15, 0.2) is 0 Å². The van der Waals surface area contributed by atoms with Crippen LogP contribution < -0.4 is 15.2 Å². The van der Waals surface area contributed by atoms with Gasteiger partial charge >= 0.3 is 0 Å². The molecule has 0 amide bonds. The van der Waals surface area contributed by atoms with Crippen LogP contribution in [0.15, 0.2) is 6.33 Å². The van der Waals surface area contributed by atoms with E-state index in [4.69, 9.17) is 15.2 Å². The highest BCUT2D eigenvalue weighted by Crippen LogP contribution is 2.31. The first-order valence-electron chi connectivity index (χ1n) is 6.57. The zero-order chi connectivity index (χ0) is 13.0. The van der Waals surface area contributed by atoms with Crippen LogP contribution in [-0.4, -0.2) is 29.2 Å². The van der Waals surface area contributed by atoms with Gasteiger partial charge in [-0.3, -0.25) is 0 Å². The molecule has 1 aromatic heterocycles. The Morgan fingerprint density at radius 3 is 2.83 bits per heavy atom. The molecule has 2 N–H and O–H groups in total. The van der Waals surface area contributed by atoms with Crippen molar-refractivity contribution in [2.24, 2.45) is 11.7 Å². The lowest BCUT2D eigenvalue weighted by atomic mass is 10.1. The molecular formula is C13H21N3O2. The van der Waals surface area contributed by atoms with Crippen LogP contribution in [0.3, 0.4) is 0 Å².